The molecule has 0 saturated carbocycles. The van der Waals surface area contributed by atoms with Crippen LogP contribution in [0.3, 0.4) is 0 Å². The maximum atomic E-state index is 12.6. The smallest absolute Gasteiger partial charge is 0.326 e. The second-order valence-electron chi connectivity index (χ2n) is 6.45. The van der Waals surface area contributed by atoms with E-state index < -0.39 is 12.0 Å². The standard InChI is InChI=1S/C21H27NO3/c1-2-3-4-5-6-7-15-19(21(24)25)22-20(23)18-14-10-12-16-11-8-9-13-17(16)18/h8-14,19H,2-7,15H2,1H3,(H,22,23)(H,24,25)/t19-/m0/s1. The van der Waals surface area contributed by atoms with E-state index >= 15 is 0 Å². The van der Waals surface area contributed by atoms with Crippen molar-refractivity contribution in [3.63, 3.8) is 0 Å². The van der Waals surface area contributed by atoms with Gasteiger partial charge in [0, 0.05) is 5.56 Å². The Morgan fingerprint density at radius 1 is 0.960 bits per heavy atom. The van der Waals surface area contributed by atoms with Crippen molar-refractivity contribution in [2.45, 2.75) is 57.9 Å². The number of aliphatic carboxylic acids is 1. The Balaban J connectivity index is 1.96. The van der Waals surface area contributed by atoms with Gasteiger partial charge in [-0.1, -0.05) is 81.8 Å². The molecule has 2 N–H and O–H groups in total. The topological polar surface area (TPSA) is 66.4 Å². The van der Waals surface area contributed by atoms with Gasteiger partial charge >= 0.3 is 5.97 Å². The fraction of sp³-hybridized carbons (Fsp3) is 0.429. The summed E-state index contributed by atoms with van der Waals surface area (Å²) in [6.07, 6.45) is 7.02. The molecule has 0 spiro atoms. The highest BCUT2D eigenvalue weighted by molar-refractivity contribution is 6.07. The number of rotatable bonds is 10. The number of benzene rings is 2. The number of carboxylic acids is 1. The van der Waals surface area contributed by atoms with Crippen molar-refractivity contribution < 1.29 is 14.7 Å². The van der Waals surface area contributed by atoms with Gasteiger partial charge in [0.15, 0.2) is 0 Å². The first kappa shape index (κ1) is 19.0. The quantitative estimate of drug-likeness (QED) is 0.612. The zero-order valence-corrected chi connectivity index (χ0v) is 14.8. The van der Waals surface area contributed by atoms with Crippen LogP contribution in [0.15, 0.2) is 42.5 Å². The van der Waals surface area contributed by atoms with E-state index in [0.717, 1.165) is 30.0 Å². The van der Waals surface area contributed by atoms with E-state index in [-0.39, 0.29) is 5.91 Å². The van der Waals surface area contributed by atoms with Gasteiger partial charge in [-0.2, -0.15) is 0 Å². The molecule has 0 aliphatic carbocycles. The van der Waals surface area contributed by atoms with Crippen molar-refractivity contribution >= 4 is 22.6 Å². The number of carboxylic acid groups (broad SMARTS) is 1. The van der Waals surface area contributed by atoms with E-state index in [4.69, 9.17) is 0 Å². The maximum Gasteiger partial charge on any atom is 0.326 e. The van der Waals surface area contributed by atoms with Crippen LogP contribution in [-0.2, 0) is 4.79 Å². The highest BCUT2D eigenvalue weighted by Crippen LogP contribution is 2.19. The van der Waals surface area contributed by atoms with Gasteiger partial charge < -0.3 is 10.4 Å². The molecule has 0 radical (unpaired) electrons. The summed E-state index contributed by atoms with van der Waals surface area (Å²) in [5.41, 5.74) is 0.521. The molecule has 2 aromatic rings. The average molecular weight is 341 g/mol. The number of carbonyl (C=O) groups excluding carboxylic acids is 1. The van der Waals surface area contributed by atoms with Crippen molar-refractivity contribution in [2.24, 2.45) is 0 Å². The number of fused-ring (bicyclic) bond motifs is 1. The minimum absolute atomic E-state index is 0.324. The molecular weight excluding hydrogens is 314 g/mol. The van der Waals surface area contributed by atoms with Crippen LogP contribution in [0, 0.1) is 0 Å². The van der Waals surface area contributed by atoms with Crippen LogP contribution in [0.1, 0.15) is 62.2 Å². The number of hydrogen-bond donors (Lipinski definition) is 2. The summed E-state index contributed by atoms with van der Waals surface area (Å²) in [6.45, 7) is 2.17. The van der Waals surface area contributed by atoms with E-state index in [1.807, 2.05) is 36.4 Å². The lowest BCUT2D eigenvalue weighted by Crippen LogP contribution is -2.40. The lowest BCUT2D eigenvalue weighted by atomic mass is 10.0. The molecule has 134 valence electrons. The summed E-state index contributed by atoms with van der Waals surface area (Å²) in [7, 11) is 0. The molecule has 4 heteroatoms. The average Bonchev–Trinajstić information content (AvgIpc) is 2.62. The first-order valence-electron chi connectivity index (χ1n) is 9.15. The molecular formula is C21H27NO3. The van der Waals surface area contributed by atoms with Gasteiger partial charge in [0.2, 0.25) is 0 Å². The van der Waals surface area contributed by atoms with Crippen LogP contribution in [-0.4, -0.2) is 23.0 Å². The SMILES string of the molecule is CCCCCCCC[C@H](NC(=O)c1cccc2ccccc12)C(=O)O. The Hall–Kier alpha value is -2.36. The molecule has 0 heterocycles. The predicted octanol–water partition coefficient (Wildman–Crippen LogP) is 4.77. The lowest BCUT2D eigenvalue weighted by Gasteiger charge is -2.15. The molecule has 0 bridgehead atoms. The van der Waals surface area contributed by atoms with Crippen LogP contribution in [0.5, 0.6) is 0 Å². The molecule has 0 aliphatic rings. The van der Waals surface area contributed by atoms with E-state index in [1.54, 1.807) is 6.07 Å². The zero-order valence-electron chi connectivity index (χ0n) is 14.8. The molecule has 4 nitrogen and oxygen atoms in total. The van der Waals surface area contributed by atoms with Crippen molar-refractivity contribution in [3.8, 4) is 0 Å². The third-order valence-corrected chi connectivity index (χ3v) is 4.48. The second-order valence-corrected chi connectivity index (χ2v) is 6.45. The van der Waals surface area contributed by atoms with Gasteiger partial charge in [-0.3, -0.25) is 4.79 Å². The number of carbonyl (C=O) groups is 2. The van der Waals surface area contributed by atoms with Crippen molar-refractivity contribution in [1.82, 2.24) is 5.32 Å². The largest absolute Gasteiger partial charge is 0.480 e. The summed E-state index contributed by atoms with van der Waals surface area (Å²) in [4.78, 5) is 24.1. The molecule has 0 unspecified atom stereocenters. The number of nitrogens with one attached hydrogen (secondary N) is 1. The van der Waals surface area contributed by atoms with Gasteiger partial charge in [0.25, 0.3) is 5.91 Å². The Morgan fingerprint density at radius 3 is 2.40 bits per heavy atom. The second kappa shape index (κ2) is 9.82. The molecule has 0 saturated heterocycles. The van der Waals surface area contributed by atoms with Gasteiger partial charge in [0.05, 0.1) is 0 Å². The molecule has 1 atom stereocenters. The van der Waals surface area contributed by atoms with E-state index in [0.29, 0.717) is 12.0 Å². The third kappa shape index (κ3) is 5.59. The van der Waals surface area contributed by atoms with Crippen LogP contribution in [0.25, 0.3) is 10.8 Å². The minimum Gasteiger partial charge on any atom is -0.480 e. The molecule has 0 aromatic heterocycles. The lowest BCUT2D eigenvalue weighted by molar-refractivity contribution is -0.139. The van der Waals surface area contributed by atoms with E-state index in [1.165, 1.54) is 19.3 Å². The molecule has 1 amide bonds. The molecule has 2 aromatic carbocycles. The normalized spacial score (nSPS) is 12.0. The van der Waals surface area contributed by atoms with Crippen LogP contribution < -0.4 is 5.32 Å². The highest BCUT2D eigenvalue weighted by Gasteiger charge is 2.21. The number of hydrogen-bond acceptors (Lipinski definition) is 2. The Labute approximate surface area is 149 Å². The summed E-state index contributed by atoms with van der Waals surface area (Å²) >= 11 is 0. The first-order valence-corrected chi connectivity index (χ1v) is 9.15. The summed E-state index contributed by atoms with van der Waals surface area (Å²) in [5.74, 6) is -1.29. The number of unbranched alkanes of at least 4 members (excludes halogenated alkanes) is 5. The van der Waals surface area contributed by atoms with Gasteiger partial charge in [0.1, 0.15) is 6.04 Å². The van der Waals surface area contributed by atoms with Gasteiger partial charge in [-0.25, -0.2) is 4.79 Å². The predicted molar refractivity (Wildman–Crippen MR) is 101 cm³/mol. The zero-order chi connectivity index (χ0) is 18.1. The van der Waals surface area contributed by atoms with Crippen LogP contribution in [0.4, 0.5) is 0 Å². The monoisotopic (exact) mass is 341 g/mol. The summed E-state index contributed by atoms with van der Waals surface area (Å²) in [5, 5.41) is 13.9. The Bertz CT molecular complexity index is 706. The van der Waals surface area contributed by atoms with Crippen molar-refractivity contribution in [3.05, 3.63) is 48.0 Å². The number of amides is 1. The van der Waals surface area contributed by atoms with Gasteiger partial charge in [-0.15, -0.1) is 0 Å². The molecule has 2 rings (SSSR count). The highest BCUT2D eigenvalue weighted by atomic mass is 16.4. The molecule has 25 heavy (non-hydrogen) atoms. The Kier molecular flexibility index (Phi) is 7.45. The summed E-state index contributed by atoms with van der Waals surface area (Å²) < 4.78 is 0. The first-order chi connectivity index (χ1) is 12.1. The Morgan fingerprint density at radius 2 is 1.64 bits per heavy atom. The van der Waals surface area contributed by atoms with E-state index in [2.05, 4.69) is 12.2 Å². The third-order valence-electron chi connectivity index (χ3n) is 4.48. The van der Waals surface area contributed by atoms with Crippen LogP contribution >= 0.6 is 0 Å². The summed E-state index contributed by atoms with van der Waals surface area (Å²) in [6, 6.07) is 12.3. The molecule has 0 aliphatic heterocycles. The fourth-order valence-electron chi connectivity index (χ4n) is 3.05. The fourth-order valence-corrected chi connectivity index (χ4v) is 3.05. The van der Waals surface area contributed by atoms with Gasteiger partial charge in [-0.05, 0) is 23.3 Å². The van der Waals surface area contributed by atoms with Crippen molar-refractivity contribution in [2.75, 3.05) is 0 Å². The maximum absolute atomic E-state index is 12.6. The molecule has 0 fully saturated rings. The minimum atomic E-state index is -0.970. The van der Waals surface area contributed by atoms with Crippen LogP contribution in [0.2, 0.25) is 0 Å². The van der Waals surface area contributed by atoms with Crippen molar-refractivity contribution in [1.29, 1.82) is 0 Å². The van der Waals surface area contributed by atoms with E-state index in [9.17, 15) is 14.7 Å².